The van der Waals surface area contributed by atoms with Gasteiger partial charge in [-0.25, -0.2) is 8.42 Å². The number of benzene rings is 2. The Morgan fingerprint density at radius 1 is 1.06 bits per heavy atom. The maximum Gasteiger partial charge on any atom is 0.178 e. The first-order valence-corrected chi connectivity index (χ1v) is 14.3. The molecule has 0 radical (unpaired) electrons. The normalized spacial score (nSPS) is 24.9. The summed E-state index contributed by atoms with van der Waals surface area (Å²) >= 11 is 0. The van der Waals surface area contributed by atoms with E-state index in [2.05, 4.69) is 48.2 Å². The van der Waals surface area contributed by atoms with Crippen LogP contribution in [0, 0.1) is 0 Å². The summed E-state index contributed by atoms with van der Waals surface area (Å²) in [6.45, 7) is 7.20. The Morgan fingerprint density at radius 3 is 2.50 bits per heavy atom. The van der Waals surface area contributed by atoms with E-state index in [0.717, 1.165) is 74.1 Å². The standard InChI is InChI=1S/C28H34N2O3S/c1-27(2)12-15-34(31,32)26-23(21-8-9-21)16-20(17-24(26)27)19-30-13-10-28(11-14-30)18-25(29-33-28)22-6-4-3-5-7-22/h3-7,16-17,21H,8-15,18-19H2,1-2H3. The summed E-state index contributed by atoms with van der Waals surface area (Å²) in [5.74, 6) is 0.690. The zero-order valence-electron chi connectivity index (χ0n) is 20.2. The molecule has 1 saturated heterocycles. The molecule has 1 aliphatic carbocycles. The molecule has 2 aromatic rings. The SMILES string of the molecule is CC1(C)CCS(=O)(=O)c2c(C3CC3)cc(CN3CCC4(CC3)CC(c3ccccc3)=NO4)cc21. The van der Waals surface area contributed by atoms with Crippen molar-refractivity contribution in [3.05, 3.63) is 64.7 Å². The predicted molar refractivity (Wildman–Crippen MR) is 134 cm³/mol. The van der Waals surface area contributed by atoms with E-state index in [4.69, 9.17) is 4.84 Å². The van der Waals surface area contributed by atoms with Crippen molar-refractivity contribution < 1.29 is 13.3 Å². The van der Waals surface area contributed by atoms with Crippen LogP contribution in [0.1, 0.15) is 80.5 Å². The first-order valence-electron chi connectivity index (χ1n) is 12.7. The van der Waals surface area contributed by atoms with E-state index in [9.17, 15) is 8.42 Å². The lowest BCUT2D eigenvalue weighted by Crippen LogP contribution is -2.44. The summed E-state index contributed by atoms with van der Waals surface area (Å²) in [6.07, 6.45) is 5.73. The average Bonchev–Trinajstić information content (AvgIpc) is 3.60. The van der Waals surface area contributed by atoms with Crippen molar-refractivity contribution in [1.29, 1.82) is 0 Å². The van der Waals surface area contributed by atoms with Crippen LogP contribution in [0.25, 0.3) is 0 Å². The Bertz CT molecular complexity index is 1240. The number of piperidine rings is 1. The Hall–Kier alpha value is -2.18. The predicted octanol–water partition coefficient (Wildman–Crippen LogP) is 5.18. The average molecular weight is 479 g/mol. The van der Waals surface area contributed by atoms with Crippen LogP contribution in [0.5, 0.6) is 0 Å². The fraction of sp³-hybridized carbons (Fsp3) is 0.536. The first kappa shape index (κ1) is 22.3. The van der Waals surface area contributed by atoms with Gasteiger partial charge in [0.05, 0.1) is 16.4 Å². The van der Waals surface area contributed by atoms with Gasteiger partial charge in [0.25, 0.3) is 0 Å². The van der Waals surface area contributed by atoms with Gasteiger partial charge in [-0.2, -0.15) is 0 Å². The second kappa shape index (κ2) is 7.92. The monoisotopic (exact) mass is 478 g/mol. The van der Waals surface area contributed by atoms with Crippen LogP contribution in [-0.2, 0) is 26.6 Å². The summed E-state index contributed by atoms with van der Waals surface area (Å²) in [5.41, 5.74) is 5.33. The van der Waals surface area contributed by atoms with Crippen LogP contribution >= 0.6 is 0 Å². The van der Waals surface area contributed by atoms with Crippen molar-refractivity contribution in [1.82, 2.24) is 4.90 Å². The van der Waals surface area contributed by atoms with E-state index in [0.29, 0.717) is 17.2 Å². The molecule has 3 heterocycles. The molecule has 0 aromatic heterocycles. The molecule has 3 aliphatic heterocycles. The van der Waals surface area contributed by atoms with Gasteiger partial charge in [-0.15, -0.1) is 0 Å². The molecule has 1 saturated carbocycles. The van der Waals surface area contributed by atoms with Gasteiger partial charge in [0.2, 0.25) is 0 Å². The molecular formula is C28H34N2O3S. The fourth-order valence-corrected chi connectivity index (χ4v) is 8.17. The number of nitrogens with zero attached hydrogens (tertiary/aromatic N) is 2. The van der Waals surface area contributed by atoms with Crippen molar-refractivity contribution >= 4 is 15.5 Å². The van der Waals surface area contributed by atoms with Crippen molar-refractivity contribution in [3.8, 4) is 0 Å². The lowest BCUT2D eigenvalue weighted by molar-refractivity contribution is -0.0627. The summed E-state index contributed by atoms with van der Waals surface area (Å²) in [7, 11) is -3.18. The summed E-state index contributed by atoms with van der Waals surface area (Å²) in [6, 6.07) is 14.7. The third-order valence-electron chi connectivity index (χ3n) is 8.35. The molecule has 2 aromatic carbocycles. The van der Waals surface area contributed by atoms with Gasteiger partial charge in [0.1, 0.15) is 5.60 Å². The van der Waals surface area contributed by atoms with Gasteiger partial charge in [-0.3, -0.25) is 4.90 Å². The Morgan fingerprint density at radius 2 is 1.79 bits per heavy atom. The second-order valence-corrected chi connectivity index (χ2v) is 13.5. The highest BCUT2D eigenvalue weighted by atomic mass is 32.2. The van der Waals surface area contributed by atoms with Crippen molar-refractivity contribution in [2.24, 2.45) is 5.16 Å². The summed E-state index contributed by atoms with van der Waals surface area (Å²) < 4.78 is 26.1. The number of hydrogen-bond acceptors (Lipinski definition) is 5. The number of fused-ring (bicyclic) bond motifs is 1. The quantitative estimate of drug-likeness (QED) is 0.608. The highest BCUT2D eigenvalue weighted by molar-refractivity contribution is 7.91. The third kappa shape index (κ3) is 3.99. The van der Waals surface area contributed by atoms with Gasteiger partial charge in [0, 0.05) is 38.9 Å². The fourth-order valence-electron chi connectivity index (χ4n) is 5.93. The van der Waals surface area contributed by atoms with Crippen LogP contribution in [0.2, 0.25) is 0 Å². The number of oxime groups is 1. The molecule has 0 bridgehead atoms. The first-order chi connectivity index (χ1) is 16.2. The van der Waals surface area contributed by atoms with Crippen LogP contribution in [0.15, 0.2) is 52.5 Å². The number of sulfone groups is 1. The van der Waals surface area contributed by atoms with E-state index in [1.54, 1.807) is 0 Å². The maximum absolute atomic E-state index is 13.1. The lowest BCUT2D eigenvalue weighted by atomic mass is 9.79. The smallest absolute Gasteiger partial charge is 0.178 e. The summed E-state index contributed by atoms with van der Waals surface area (Å²) in [5, 5.41) is 4.45. The minimum Gasteiger partial charge on any atom is -0.388 e. The molecule has 0 atom stereocenters. The Balaban J connectivity index is 1.19. The van der Waals surface area contributed by atoms with Crippen LogP contribution in [-0.4, -0.2) is 43.5 Å². The Kier molecular flexibility index (Phi) is 5.19. The molecule has 0 N–H and O–H groups in total. The molecule has 6 rings (SSSR count). The van der Waals surface area contributed by atoms with E-state index < -0.39 is 9.84 Å². The molecule has 180 valence electrons. The molecule has 6 heteroatoms. The van der Waals surface area contributed by atoms with E-state index in [1.807, 2.05) is 18.2 Å². The van der Waals surface area contributed by atoms with Crippen LogP contribution in [0.4, 0.5) is 0 Å². The molecule has 2 fully saturated rings. The van der Waals surface area contributed by atoms with Gasteiger partial charge in [-0.1, -0.05) is 61.5 Å². The molecule has 0 amide bonds. The molecule has 1 spiro atoms. The molecule has 5 nitrogen and oxygen atoms in total. The lowest BCUT2D eigenvalue weighted by Gasteiger charge is -2.38. The zero-order chi connectivity index (χ0) is 23.6. The summed E-state index contributed by atoms with van der Waals surface area (Å²) in [4.78, 5) is 9.19. The minimum atomic E-state index is -3.18. The minimum absolute atomic E-state index is 0.102. The van der Waals surface area contributed by atoms with Crippen LogP contribution < -0.4 is 0 Å². The highest BCUT2D eigenvalue weighted by Gasteiger charge is 2.43. The number of hydrogen-bond donors (Lipinski definition) is 0. The van der Waals surface area contributed by atoms with Crippen molar-refractivity contribution in [2.45, 2.75) is 80.7 Å². The van der Waals surface area contributed by atoms with Gasteiger partial charge < -0.3 is 4.84 Å². The van der Waals surface area contributed by atoms with E-state index >= 15 is 0 Å². The largest absolute Gasteiger partial charge is 0.388 e. The van der Waals surface area contributed by atoms with Crippen molar-refractivity contribution in [3.63, 3.8) is 0 Å². The maximum atomic E-state index is 13.1. The van der Waals surface area contributed by atoms with E-state index in [-0.39, 0.29) is 16.8 Å². The Labute approximate surface area is 203 Å². The molecular weight excluding hydrogens is 444 g/mol. The van der Waals surface area contributed by atoms with Crippen LogP contribution in [0.3, 0.4) is 0 Å². The topological polar surface area (TPSA) is 59.0 Å². The number of rotatable bonds is 4. The molecule has 34 heavy (non-hydrogen) atoms. The highest BCUT2D eigenvalue weighted by Crippen LogP contribution is 2.49. The third-order valence-corrected chi connectivity index (χ3v) is 10.2. The van der Waals surface area contributed by atoms with Crippen molar-refractivity contribution in [2.75, 3.05) is 18.8 Å². The van der Waals surface area contributed by atoms with Gasteiger partial charge in [0.15, 0.2) is 9.84 Å². The van der Waals surface area contributed by atoms with E-state index in [1.165, 1.54) is 5.56 Å². The molecule has 4 aliphatic rings. The molecule has 0 unspecified atom stereocenters. The van der Waals surface area contributed by atoms with Gasteiger partial charge in [-0.05, 0) is 52.8 Å². The van der Waals surface area contributed by atoms with Gasteiger partial charge >= 0.3 is 0 Å². The second-order valence-electron chi connectivity index (χ2n) is 11.4. The number of likely N-dealkylation sites (tertiary alicyclic amines) is 1. The zero-order valence-corrected chi connectivity index (χ0v) is 21.0.